The second-order valence-electron chi connectivity index (χ2n) is 4.83. The van der Waals surface area contributed by atoms with Crippen molar-refractivity contribution in [2.45, 2.75) is 13.3 Å². The summed E-state index contributed by atoms with van der Waals surface area (Å²) in [6.45, 7) is 2.23. The van der Waals surface area contributed by atoms with Gasteiger partial charge in [0.2, 0.25) is 5.91 Å². The first-order valence-corrected chi connectivity index (χ1v) is 7.22. The molecule has 1 rings (SSSR count). The van der Waals surface area contributed by atoms with E-state index in [0.717, 1.165) is 0 Å². The van der Waals surface area contributed by atoms with Crippen molar-refractivity contribution in [1.29, 1.82) is 0 Å². The third-order valence-corrected chi connectivity index (χ3v) is 3.17. The van der Waals surface area contributed by atoms with E-state index in [1.54, 1.807) is 24.3 Å². The molecule has 23 heavy (non-hydrogen) atoms. The minimum Gasteiger partial charge on any atom is -0.497 e. The Balaban J connectivity index is 2.80. The number of nitrogens with one attached hydrogen (secondary N) is 1. The van der Waals surface area contributed by atoms with Crippen molar-refractivity contribution >= 4 is 17.8 Å². The largest absolute Gasteiger partial charge is 0.497 e. The van der Waals surface area contributed by atoms with Gasteiger partial charge >= 0.3 is 5.97 Å². The van der Waals surface area contributed by atoms with E-state index >= 15 is 0 Å². The molecule has 0 unspecified atom stereocenters. The van der Waals surface area contributed by atoms with Crippen LogP contribution in [0.3, 0.4) is 0 Å². The number of carbonyl (C=O) groups excluding carboxylic acids is 3. The summed E-state index contributed by atoms with van der Waals surface area (Å²) in [5, 5.41) is 2.63. The van der Waals surface area contributed by atoms with Gasteiger partial charge in [-0.1, -0.05) is 6.07 Å². The van der Waals surface area contributed by atoms with Gasteiger partial charge in [0.1, 0.15) is 5.75 Å². The number of hydrogen-bond donors (Lipinski definition) is 1. The number of ether oxygens (including phenoxy) is 2. The van der Waals surface area contributed by atoms with E-state index in [1.165, 1.54) is 26.0 Å². The summed E-state index contributed by atoms with van der Waals surface area (Å²) in [5.74, 6) is -0.233. The molecular formula is C16H22N2O5. The molecule has 126 valence electrons. The fourth-order valence-electron chi connectivity index (χ4n) is 1.95. The smallest absolute Gasteiger partial charge is 0.307 e. The lowest BCUT2D eigenvalue weighted by molar-refractivity contribution is -0.140. The Hall–Kier alpha value is -2.57. The Morgan fingerprint density at radius 3 is 2.52 bits per heavy atom. The minimum atomic E-state index is -0.395. The van der Waals surface area contributed by atoms with Gasteiger partial charge < -0.3 is 19.7 Å². The number of nitrogens with zero attached hydrogens (tertiary/aromatic N) is 1. The topological polar surface area (TPSA) is 84.9 Å². The standard InChI is InChI=1S/C16H22N2O5/c1-12(19)17-8-10-18(9-7-15(20)23-3)16(21)13-5-4-6-14(11-13)22-2/h4-6,11H,7-10H2,1-3H3,(H,17,19). The molecule has 0 aliphatic heterocycles. The van der Waals surface area contributed by atoms with E-state index in [1.807, 2.05) is 0 Å². The Morgan fingerprint density at radius 1 is 1.17 bits per heavy atom. The zero-order valence-corrected chi connectivity index (χ0v) is 13.6. The van der Waals surface area contributed by atoms with Crippen molar-refractivity contribution in [2.75, 3.05) is 33.9 Å². The summed E-state index contributed by atoms with van der Waals surface area (Å²) < 4.78 is 9.71. The Morgan fingerprint density at radius 2 is 1.91 bits per heavy atom. The molecule has 2 amide bonds. The molecule has 0 aliphatic carbocycles. The highest BCUT2D eigenvalue weighted by atomic mass is 16.5. The SMILES string of the molecule is COC(=O)CCN(CCNC(C)=O)C(=O)c1cccc(OC)c1. The molecule has 1 aromatic rings. The molecule has 7 nitrogen and oxygen atoms in total. The van der Waals surface area contributed by atoms with E-state index in [9.17, 15) is 14.4 Å². The summed E-state index contributed by atoms with van der Waals surface area (Å²) >= 11 is 0. The van der Waals surface area contributed by atoms with Crippen LogP contribution in [0.15, 0.2) is 24.3 Å². The predicted octanol–water partition coefficient (Wildman–Crippen LogP) is 0.837. The lowest BCUT2D eigenvalue weighted by atomic mass is 10.2. The third-order valence-electron chi connectivity index (χ3n) is 3.17. The lowest BCUT2D eigenvalue weighted by Gasteiger charge is -2.22. The number of rotatable bonds is 8. The maximum atomic E-state index is 12.6. The van der Waals surface area contributed by atoms with Crippen LogP contribution < -0.4 is 10.1 Å². The Bertz CT molecular complexity index is 559. The van der Waals surface area contributed by atoms with Gasteiger partial charge in [0.15, 0.2) is 0 Å². The number of amides is 2. The van der Waals surface area contributed by atoms with E-state index in [2.05, 4.69) is 10.1 Å². The number of benzene rings is 1. The van der Waals surface area contributed by atoms with Gasteiger partial charge in [-0.25, -0.2) is 0 Å². The van der Waals surface area contributed by atoms with E-state index in [0.29, 0.717) is 24.4 Å². The molecule has 0 heterocycles. The first-order valence-electron chi connectivity index (χ1n) is 7.22. The van der Waals surface area contributed by atoms with Gasteiger partial charge in [-0.2, -0.15) is 0 Å². The summed E-state index contributed by atoms with van der Waals surface area (Å²) in [5.41, 5.74) is 0.456. The molecule has 0 fully saturated rings. The van der Waals surface area contributed by atoms with Crippen molar-refractivity contribution in [1.82, 2.24) is 10.2 Å². The number of carbonyl (C=O) groups is 3. The van der Waals surface area contributed by atoms with Gasteiger partial charge in [-0.3, -0.25) is 14.4 Å². The van der Waals surface area contributed by atoms with E-state index in [-0.39, 0.29) is 24.8 Å². The maximum Gasteiger partial charge on any atom is 0.307 e. The Labute approximate surface area is 135 Å². The Kier molecular flexibility index (Phi) is 7.59. The molecule has 0 radical (unpaired) electrons. The summed E-state index contributed by atoms with van der Waals surface area (Å²) in [7, 11) is 2.82. The first kappa shape index (κ1) is 18.5. The van der Waals surface area contributed by atoms with Gasteiger partial charge in [0, 0.05) is 32.1 Å². The van der Waals surface area contributed by atoms with Crippen molar-refractivity contribution in [3.8, 4) is 5.75 Å². The summed E-state index contributed by atoms with van der Waals surface area (Å²) in [6.07, 6.45) is 0.0896. The average Bonchev–Trinajstić information content (AvgIpc) is 2.56. The second kappa shape index (κ2) is 9.45. The third kappa shape index (κ3) is 6.37. The molecular weight excluding hydrogens is 300 g/mol. The first-order chi connectivity index (χ1) is 11.0. The molecule has 0 saturated heterocycles. The van der Waals surface area contributed by atoms with Crippen LogP contribution in [0.2, 0.25) is 0 Å². The molecule has 7 heteroatoms. The van der Waals surface area contributed by atoms with Gasteiger partial charge in [-0.15, -0.1) is 0 Å². The number of esters is 1. The van der Waals surface area contributed by atoms with Crippen LogP contribution in [0.1, 0.15) is 23.7 Å². The van der Waals surface area contributed by atoms with Crippen molar-refractivity contribution < 1.29 is 23.9 Å². The van der Waals surface area contributed by atoms with Gasteiger partial charge in [0.25, 0.3) is 5.91 Å². The van der Waals surface area contributed by atoms with Crippen molar-refractivity contribution in [3.05, 3.63) is 29.8 Å². The molecule has 0 bridgehead atoms. The average molecular weight is 322 g/mol. The van der Waals surface area contributed by atoms with Crippen LogP contribution in [-0.4, -0.2) is 56.5 Å². The quantitative estimate of drug-likeness (QED) is 0.717. The number of hydrogen-bond acceptors (Lipinski definition) is 5. The zero-order chi connectivity index (χ0) is 17.2. The lowest BCUT2D eigenvalue weighted by Crippen LogP contribution is -2.39. The highest BCUT2D eigenvalue weighted by Gasteiger charge is 2.17. The molecule has 0 atom stereocenters. The van der Waals surface area contributed by atoms with Crippen LogP contribution >= 0.6 is 0 Å². The molecule has 1 aromatic carbocycles. The fourth-order valence-corrected chi connectivity index (χ4v) is 1.95. The highest BCUT2D eigenvalue weighted by Crippen LogP contribution is 2.14. The normalized spacial score (nSPS) is 9.87. The molecule has 0 aliphatic rings. The molecule has 0 saturated carbocycles. The van der Waals surface area contributed by atoms with Gasteiger partial charge in [0.05, 0.1) is 20.6 Å². The number of methoxy groups -OCH3 is 2. The predicted molar refractivity (Wildman–Crippen MR) is 84.2 cm³/mol. The highest BCUT2D eigenvalue weighted by molar-refractivity contribution is 5.94. The fraction of sp³-hybridized carbons (Fsp3) is 0.438. The summed E-state index contributed by atoms with van der Waals surface area (Å²) in [6, 6.07) is 6.77. The van der Waals surface area contributed by atoms with Crippen LogP contribution in [0.25, 0.3) is 0 Å². The van der Waals surface area contributed by atoms with Crippen LogP contribution in [0.4, 0.5) is 0 Å². The van der Waals surface area contributed by atoms with E-state index in [4.69, 9.17) is 4.74 Å². The van der Waals surface area contributed by atoms with Crippen LogP contribution in [0.5, 0.6) is 5.75 Å². The van der Waals surface area contributed by atoms with Crippen LogP contribution in [0, 0.1) is 0 Å². The molecule has 1 N–H and O–H groups in total. The monoisotopic (exact) mass is 322 g/mol. The van der Waals surface area contributed by atoms with Crippen molar-refractivity contribution in [3.63, 3.8) is 0 Å². The maximum absolute atomic E-state index is 12.6. The summed E-state index contributed by atoms with van der Waals surface area (Å²) in [4.78, 5) is 36.4. The van der Waals surface area contributed by atoms with Gasteiger partial charge in [-0.05, 0) is 18.2 Å². The van der Waals surface area contributed by atoms with Crippen molar-refractivity contribution in [2.24, 2.45) is 0 Å². The van der Waals surface area contributed by atoms with Crippen LogP contribution in [-0.2, 0) is 14.3 Å². The zero-order valence-electron chi connectivity index (χ0n) is 13.6. The molecule has 0 aromatic heterocycles. The molecule has 0 spiro atoms. The second-order valence-corrected chi connectivity index (χ2v) is 4.83. The van der Waals surface area contributed by atoms with E-state index < -0.39 is 5.97 Å². The minimum absolute atomic E-state index is 0.0896.